The summed E-state index contributed by atoms with van der Waals surface area (Å²) in [7, 11) is 0. The second-order valence-electron chi connectivity index (χ2n) is 3.81. The largest absolute Gasteiger partial charge is 0.271 e. The van der Waals surface area contributed by atoms with E-state index in [1.807, 2.05) is 12.1 Å². The van der Waals surface area contributed by atoms with E-state index < -0.39 is 0 Å². The Morgan fingerprint density at radius 2 is 2.06 bits per heavy atom. The number of hydrazine groups is 1. The van der Waals surface area contributed by atoms with E-state index in [1.54, 1.807) is 23.5 Å². The molecule has 0 saturated carbocycles. The zero-order chi connectivity index (χ0) is 13.1. The van der Waals surface area contributed by atoms with Crippen LogP contribution in [0.1, 0.15) is 16.5 Å². The molecule has 0 aliphatic heterocycles. The first kappa shape index (κ1) is 14.1. The second-order valence-corrected chi connectivity index (χ2v) is 7.16. The maximum atomic E-state index is 13.2. The van der Waals surface area contributed by atoms with Crippen molar-refractivity contribution >= 4 is 43.2 Å². The van der Waals surface area contributed by atoms with Crippen LogP contribution in [0.3, 0.4) is 0 Å². The molecule has 2 aromatic rings. The van der Waals surface area contributed by atoms with Gasteiger partial charge in [-0.15, -0.1) is 11.3 Å². The van der Waals surface area contributed by atoms with Crippen molar-refractivity contribution in [3.05, 3.63) is 54.8 Å². The maximum absolute atomic E-state index is 13.2. The fourth-order valence-corrected chi connectivity index (χ4v) is 3.57. The summed E-state index contributed by atoms with van der Waals surface area (Å²) in [6.45, 7) is 0. The quantitative estimate of drug-likeness (QED) is 0.604. The van der Waals surface area contributed by atoms with E-state index in [0.29, 0.717) is 10.9 Å². The fourth-order valence-electron chi connectivity index (χ4n) is 1.66. The molecule has 0 aliphatic carbocycles. The number of thiophene rings is 1. The molecule has 0 spiro atoms. The smallest absolute Gasteiger partial charge is 0.137 e. The summed E-state index contributed by atoms with van der Waals surface area (Å²) in [5.41, 5.74) is 3.82. The van der Waals surface area contributed by atoms with Gasteiger partial charge in [0.1, 0.15) is 5.82 Å². The minimum absolute atomic E-state index is 0.0265. The van der Waals surface area contributed by atoms with E-state index in [4.69, 9.17) is 5.84 Å². The zero-order valence-electron chi connectivity index (χ0n) is 9.29. The third-order valence-corrected chi connectivity index (χ3v) is 4.91. The standard InChI is InChI=1S/C12H11Br2FN2S/c13-8-5-7(1-2-9(8)15)6-10(17-16)11-3-4-12(14)18-11/h1-5,10,17H,6,16H2. The Hall–Kier alpha value is -0.270. The zero-order valence-corrected chi connectivity index (χ0v) is 13.3. The van der Waals surface area contributed by atoms with Crippen LogP contribution in [0.5, 0.6) is 0 Å². The van der Waals surface area contributed by atoms with Crippen LogP contribution in [0.15, 0.2) is 38.6 Å². The average molecular weight is 394 g/mol. The van der Waals surface area contributed by atoms with Crippen LogP contribution < -0.4 is 11.3 Å². The summed E-state index contributed by atoms with van der Waals surface area (Å²) < 4.78 is 14.7. The van der Waals surface area contributed by atoms with Gasteiger partial charge in [-0.25, -0.2) is 4.39 Å². The van der Waals surface area contributed by atoms with Gasteiger partial charge < -0.3 is 0 Å². The third kappa shape index (κ3) is 3.39. The SMILES string of the molecule is NNC(Cc1ccc(F)c(Br)c1)c1ccc(Br)s1. The highest BCUT2D eigenvalue weighted by Gasteiger charge is 2.13. The Labute approximate surface area is 126 Å². The van der Waals surface area contributed by atoms with E-state index in [2.05, 4.69) is 37.3 Å². The normalized spacial score (nSPS) is 12.7. The fraction of sp³-hybridized carbons (Fsp3) is 0.167. The molecule has 1 aromatic carbocycles. The van der Waals surface area contributed by atoms with Gasteiger partial charge in [-0.1, -0.05) is 6.07 Å². The van der Waals surface area contributed by atoms with Crippen molar-refractivity contribution in [1.82, 2.24) is 5.43 Å². The number of halogens is 3. The van der Waals surface area contributed by atoms with Gasteiger partial charge in [-0.3, -0.25) is 11.3 Å². The van der Waals surface area contributed by atoms with Crippen molar-refractivity contribution < 1.29 is 4.39 Å². The van der Waals surface area contributed by atoms with Crippen LogP contribution in [-0.4, -0.2) is 0 Å². The van der Waals surface area contributed by atoms with Crippen molar-refractivity contribution in [2.75, 3.05) is 0 Å². The molecule has 1 unspecified atom stereocenters. The molecule has 2 nitrogen and oxygen atoms in total. The number of nitrogens with one attached hydrogen (secondary N) is 1. The van der Waals surface area contributed by atoms with Crippen LogP contribution in [0.4, 0.5) is 4.39 Å². The lowest BCUT2D eigenvalue weighted by Crippen LogP contribution is -2.28. The molecule has 0 aliphatic rings. The molecule has 0 saturated heterocycles. The summed E-state index contributed by atoms with van der Waals surface area (Å²) in [6, 6.07) is 9.05. The molecular formula is C12H11Br2FN2S. The van der Waals surface area contributed by atoms with Crippen LogP contribution >= 0.6 is 43.2 Å². The topological polar surface area (TPSA) is 38.0 Å². The Balaban J connectivity index is 2.17. The molecule has 1 aromatic heterocycles. The summed E-state index contributed by atoms with van der Waals surface area (Å²) >= 11 is 8.25. The van der Waals surface area contributed by atoms with Crippen LogP contribution in [0.2, 0.25) is 0 Å². The van der Waals surface area contributed by atoms with Crippen LogP contribution in [0.25, 0.3) is 0 Å². The minimum atomic E-state index is -0.255. The number of hydrogen-bond donors (Lipinski definition) is 2. The van der Waals surface area contributed by atoms with Crippen molar-refractivity contribution in [1.29, 1.82) is 0 Å². The van der Waals surface area contributed by atoms with E-state index in [0.717, 1.165) is 14.2 Å². The first-order chi connectivity index (χ1) is 8.60. The molecule has 1 atom stereocenters. The van der Waals surface area contributed by atoms with Crippen molar-refractivity contribution in [3.8, 4) is 0 Å². The third-order valence-electron chi connectivity index (χ3n) is 2.56. The summed E-state index contributed by atoms with van der Waals surface area (Å²) in [6.07, 6.45) is 0.711. The maximum Gasteiger partial charge on any atom is 0.137 e. The van der Waals surface area contributed by atoms with Crippen molar-refractivity contribution in [3.63, 3.8) is 0 Å². The Morgan fingerprint density at radius 1 is 1.28 bits per heavy atom. The Kier molecular flexibility index (Phi) is 4.91. The first-order valence-corrected chi connectivity index (χ1v) is 7.65. The predicted octanol–water partition coefficient (Wildman–Crippen LogP) is 4.16. The van der Waals surface area contributed by atoms with Gasteiger partial charge in [0.2, 0.25) is 0 Å². The van der Waals surface area contributed by atoms with Crippen molar-refractivity contribution in [2.24, 2.45) is 5.84 Å². The molecular weight excluding hydrogens is 383 g/mol. The van der Waals surface area contributed by atoms with Gasteiger partial charge in [0, 0.05) is 4.88 Å². The number of benzene rings is 1. The molecule has 18 heavy (non-hydrogen) atoms. The molecule has 2 rings (SSSR count). The summed E-state index contributed by atoms with van der Waals surface area (Å²) in [4.78, 5) is 1.14. The van der Waals surface area contributed by atoms with E-state index >= 15 is 0 Å². The summed E-state index contributed by atoms with van der Waals surface area (Å²) in [5, 5.41) is 0. The van der Waals surface area contributed by atoms with Gasteiger partial charge in [-0.05, 0) is 68.1 Å². The highest BCUT2D eigenvalue weighted by Crippen LogP contribution is 2.29. The molecule has 0 radical (unpaired) electrons. The number of hydrogen-bond acceptors (Lipinski definition) is 3. The van der Waals surface area contributed by atoms with Gasteiger partial charge in [0.15, 0.2) is 0 Å². The van der Waals surface area contributed by atoms with Gasteiger partial charge in [-0.2, -0.15) is 0 Å². The average Bonchev–Trinajstić information content (AvgIpc) is 2.77. The second kappa shape index (κ2) is 6.25. The summed E-state index contributed by atoms with van der Waals surface area (Å²) in [5.74, 6) is 5.33. The van der Waals surface area contributed by atoms with Gasteiger partial charge in [0.25, 0.3) is 0 Å². The molecule has 0 amide bonds. The Bertz CT molecular complexity index is 545. The highest BCUT2D eigenvalue weighted by atomic mass is 79.9. The number of nitrogens with two attached hydrogens (primary N) is 1. The lowest BCUT2D eigenvalue weighted by atomic mass is 10.1. The van der Waals surface area contributed by atoms with Crippen molar-refractivity contribution in [2.45, 2.75) is 12.5 Å². The van der Waals surface area contributed by atoms with Crippen LogP contribution in [0, 0.1) is 5.82 Å². The molecule has 0 fully saturated rings. The number of rotatable bonds is 4. The van der Waals surface area contributed by atoms with E-state index in [9.17, 15) is 4.39 Å². The highest BCUT2D eigenvalue weighted by molar-refractivity contribution is 9.11. The van der Waals surface area contributed by atoms with Crippen LogP contribution in [-0.2, 0) is 6.42 Å². The van der Waals surface area contributed by atoms with E-state index in [-0.39, 0.29) is 11.9 Å². The molecule has 0 bridgehead atoms. The first-order valence-electron chi connectivity index (χ1n) is 5.25. The van der Waals surface area contributed by atoms with Gasteiger partial charge in [0.05, 0.1) is 14.3 Å². The molecule has 3 N–H and O–H groups in total. The molecule has 6 heteroatoms. The lowest BCUT2D eigenvalue weighted by molar-refractivity contribution is 0.559. The Morgan fingerprint density at radius 3 is 2.61 bits per heavy atom. The molecule has 96 valence electrons. The minimum Gasteiger partial charge on any atom is -0.271 e. The monoisotopic (exact) mass is 392 g/mol. The lowest BCUT2D eigenvalue weighted by Gasteiger charge is -2.14. The molecule has 1 heterocycles. The van der Waals surface area contributed by atoms with Gasteiger partial charge >= 0.3 is 0 Å². The van der Waals surface area contributed by atoms with E-state index in [1.165, 1.54) is 6.07 Å². The predicted molar refractivity (Wildman–Crippen MR) is 79.9 cm³/mol.